The molecule has 0 radical (unpaired) electrons. The molecule has 124 valence electrons. The predicted molar refractivity (Wildman–Crippen MR) is 91.1 cm³/mol. The van der Waals surface area contributed by atoms with Gasteiger partial charge in [-0.3, -0.25) is 10.1 Å². The number of carbonyl (C=O) groups is 1. The molecule has 1 heterocycles. The lowest BCUT2D eigenvalue weighted by Crippen LogP contribution is -2.40. The number of benzene rings is 2. The molecule has 1 atom stereocenters. The molecule has 2 aromatic rings. The second-order valence-corrected chi connectivity index (χ2v) is 5.56. The molecule has 6 nitrogen and oxygen atoms in total. The summed E-state index contributed by atoms with van der Waals surface area (Å²) in [6.45, 7) is 0. The van der Waals surface area contributed by atoms with E-state index in [-0.39, 0.29) is 11.9 Å². The molecule has 0 aliphatic carbocycles. The molecule has 0 aromatic heterocycles. The second-order valence-electron chi connectivity index (χ2n) is 5.56. The van der Waals surface area contributed by atoms with Gasteiger partial charge in [0, 0.05) is 6.42 Å². The van der Waals surface area contributed by atoms with E-state index in [1.807, 2.05) is 48.5 Å². The van der Waals surface area contributed by atoms with Crippen molar-refractivity contribution in [3.63, 3.8) is 0 Å². The smallest absolute Gasteiger partial charge is 0.259 e. The molecule has 0 spiro atoms. The maximum atomic E-state index is 12.6. The highest BCUT2D eigenvalue weighted by Gasteiger charge is 2.44. The first-order chi connectivity index (χ1) is 11.6. The number of aliphatic imine (C=N–C) groups is 1. The van der Waals surface area contributed by atoms with Gasteiger partial charge in [-0.25, -0.2) is 4.99 Å². The Bertz CT molecular complexity index is 769. The molecule has 1 amide bonds. The van der Waals surface area contributed by atoms with Crippen molar-refractivity contribution in [2.75, 3.05) is 14.2 Å². The Balaban J connectivity index is 2.00. The zero-order valence-corrected chi connectivity index (χ0v) is 13.6. The van der Waals surface area contributed by atoms with Gasteiger partial charge in [-0.2, -0.15) is 0 Å². The Morgan fingerprint density at radius 3 is 2.00 bits per heavy atom. The van der Waals surface area contributed by atoms with E-state index in [1.54, 1.807) is 14.2 Å². The van der Waals surface area contributed by atoms with Crippen molar-refractivity contribution in [1.29, 1.82) is 0 Å². The van der Waals surface area contributed by atoms with Crippen LogP contribution < -0.4 is 20.5 Å². The number of rotatable bonds is 5. The van der Waals surface area contributed by atoms with Crippen LogP contribution in [0.15, 0.2) is 53.5 Å². The van der Waals surface area contributed by atoms with Gasteiger partial charge >= 0.3 is 0 Å². The van der Waals surface area contributed by atoms with Gasteiger partial charge in [-0.1, -0.05) is 24.3 Å². The van der Waals surface area contributed by atoms with E-state index in [0.717, 1.165) is 16.9 Å². The van der Waals surface area contributed by atoms with Crippen molar-refractivity contribution in [1.82, 2.24) is 5.32 Å². The number of carbonyl (C=O) groups excluding carboxylic acids is 1. The highest BCUT2D eigenvalue weighted by Crippen LogP contribution is 2.34. The van der Waals surface area contributed by atoms with Gasteiger partial charge < -0.3 is 15.2 Å². The van der Waals surface area contributed by atoms with Gasteiger partial charge in [0.25, 0.3) is 5.91 Å². The fourth-order valence-corrected chi connectivity index (χ4v) is 2.83. The topological polar surface area (TPSA) is 85.9 Å². The summed E-state index contributed by atoms with van der Waals surface area (Å²) in [5.41, 5.74) is 6.41. The molecule has 2 aromatic carbocycles. The summed E-state index contributed by atoms with van der Waals surface area (Å²) >= 11 is 0. The summed E-state index contributed by atoms with van der Waals surface area (Å²) in [5, 5.41) is 2.61. The van der Waals surface area contributed by atoms with E-state index in [4.69, 9.17) is 15.2 Å². The zero-order valence-electron chi connectivity index (χ0n) is 13.6. The minimum atomic E-state index is -1.08. The lowest BCUT2D eigenvalue weighted by Gasteiger charge is -2.24. The molecule has 0 unspecified atom stereocenters. The quantitative estimate of drug-likeness (QED) is 0.874. The predicted octanol–water partition coefficient (Wildman–Crippen LogP) is 1.59. The minimum absolute atomic E-state index is 0.129. The molecule has 6 heteroatoms. The van der Waals surface area contributed by atoms with Crippen LogP contribution in [0, 0.1) is 0 Å². The first-order valence-corrected chi connectivity index (χ1v) is 7.51. The molecule has 1 aliphatic heterocycles. The Hall–Kier alpha value is -3.02. The van der Waals surface area contributed by atoms with Crippen molar-refractivity contribution in [3.05, 3.63) is 59.7 Å². The summed E-state index contributed by atoms with van der Waals surface area (Å²) in [6.07, 6.45) is 0.399. The third-order valence-electron chi connectivity index (χ3n) is 4.12. The van der Waals surface area contributed by atoms with Crippen molar-refractivity contribution in [3.8, 4) is 11.5 Å². The molecular formula is C18H19N3O3. The average Bonchev–Trinajstić information content (AvgIpc) is 2.90. The fraction of sp³-hybridized carbons (Fsp3) is 0.222. The third-order valence-corrected chi connectivity index (χ3v) is 4.12. The van der Waals surface area contributed by atoms with Crippen LogP contribution in [0.5, 0.6) is 11.5 Å². The van der Waals surface area contributed by atoms with Gasteiger partial charge in [0.05, 0.1) is 14.2 Å². The number of amides is 1. The molecule has 3 rings (SSSR count). The van der Waals surface area contributed by atoms with Gasteiger partial charge in [0.2, 0.25) is 0 Å². The van der Waals surface area contributed by atoms with Crippen molar-refractivity contribution in [2.45, 2.75) is 12.0 Å². The maximum absolute atomic E-state index is 12.6. The number of nitrogens with one attached hydrogen (secondary N) is 1. The van der Waals surface area contributed by atoms with E-state index in [2.05, 4.69) is 10.3 Å². The number of guanidine groups is 1. The minimum Gasteiger partial charge on any atom is -0.497 e. The van der Waals surface area contributed by atoms with Crippen LogP contribution in [0.1, 0.15) is 11.1 Å². The van der Waals surface area contributed by atoms with E-state index in [0.29, 0.717) is 12.2 Å². The molecule has 1 aliphatic rings. The summed E-state index contributed by atoms with van der Waals surface area (Å²) in [5.74, 6) is 1.37. The highest BCUT2D eigenvalue weighted by atomic mass is 16.5. The molecule has 0 bridgehead atoms. The molecule has 24 heavy (non-hydrogen) atoms. The lowest BCUT2D eigenvalue weighted by atomic mass is 9.84. The molecule has 3 N–H and O–H groups in total. The van der Waals surface area contributed by atoms with Crippen molar-refractivity contribution < 1.29 is 14.3 Å². The molecular weight excluding hydrogens is 306 g/mol. The normalized spacial score (nSPS) is 19.6. The van der Waals surface area contributed by atoms with Gasteiger partial charge in [0.15, 0.2) is 11.5 Å². The summed E-state index contributed by atoms with van der Waals surface area (Å²) in [4.78, 5) is 17.1. The Morgan fingerprint density at radius 2 is 1.54 bits per heavy atom. The largest absolute Gasteiger partial charge is 0.497 e. The number of hydrogen-bond acceptors (Lipinski definition) is 5. The molecule has 0 saturated heterocycles. The molecule has 0 saturated carbocycles. The highest BCUT2D eigenvalue weighted by molar-refractivity contribution is 6.07. The number of ether oxygens (including phenoxy) is 2. The number of methoxy groups -OCH3 is 2. The summed E-state index contributed by atoms with van der Waals surface area (Å²) in [6, 6.07) is 14.8. The Morgan fingerprint density at radius 1 is 1.00 bits per heavy atom. The maximum Gasteiger partial charge on any atom is 0.259 e. The van der Waals surface area contributed by atoms with E-state index in [1.165, 1.54) is 0 Å². The van der Waals surface area contributed by atoms with Crippen LogP contribution in [-0.2, 0) is 16.8 Å². The van der Waals surface area contributed by atoms with E-state index < -0.39 is 5.54 Å². The second kappa shape index (κ2) is 6.23. The van der Waals surface area contributed by atoms with Crippen LogP contribution in [0.3, 0.4) is 0 Å². The number of nitrogens with zero attached hydrogens (tertiary/aromatic N) is 1. The van der Waals surface area contributed by atoms with Crippen molar-refractivity contribution in [2.24, 2.45) is 10.7 Å². The lowest BCUT2D eigenvalue weighted by molar-refractivity contribution is -0.124. The average molecular weight is 325 g/mol. The van der Waals surface area contributed by atoms with Crippen LogP contribution in [0.2, 0.25) is 0 Å². The van der Waals surface area contributed by atoms with Crippen molar-refractivity contribution >= 4 is 11.9 Å². The monoisotopic (exact) mass is 325 g/mol. The Labute approximate surface area is 140 Å². The molecule has 0 fully saturated rings. The van der Waals surface area contributed by atoms with Gasteiger partial charge in [0.1, 0.15) is 11.5 Å². The van der Waals surface area contributed by atoms with E-state index >= 15 is 0 Å². The van der Waals surface area contributed by atoms with Crippen LogP contribution in [-0.4, -0.2) is 26.1 Å². The first-order valence-electron chi connectivity index (χ1n) is 7.51. The van der Waals surface area contributed by atoms with Crippen LogP contribution in [0.25, 0.3) is 0 Å². The SMILES string of the molecule is COc1ccc(C[C@@]2(c3ccc(OC)cc3)N=C(N)NC2=O)cc1. The zero-order chi connectivity index (χ0) is 17.2. The third kappa shape index (κ3) is 2.78. The van der Waals surface area contributed by atoms with Crippen LogP contribution in [0.4, 0.5) is 0 Å². The number of hydrogen-bond donors (Lipinski definition) is 2. The fourth-order valence-electron chi connectivity index (χ4n) is 2.83. The first kappa shape index (κ1) is 15.9. The van der Waals surface area contributed by atoms with Gasteiger partial charge in [-0.05, 0) is 35.4 Å². The number of nitrogens with two attached hydrogens (primary N) is 1. The van der Waals surface area contributed by atoms with Crippen LogP contribution >= 0.6 is 0 Å². The van der Waals surface area contributed by atoms with E-state index in [9.17, 15) is 4.79 Å². The van der Waals surface area contributed by atoms with Gasteiger partial charge in [-0.15, -0.1) is 0 Å². The summed E-state index contributed by atoms with van der Waals surface area (Å²) < 4.78 is 10.4. The Kier molecular flexibility index (Phi) is 4.12. The summed E-state index contributed by atoms with van der Waals surface area (Å²) in [7, 11) is 3.21. The standard InChI is InChI=1S/C18H19N3O3/c1-23-14-7-3-12(4-8-14)11-18(16(22)20-17(19)21-18)13-5-9-15(24-2)10-6-13/h3-10H,11H2,1-2H3,(H3,19,20,21,22)/t18-/m0/s1.